The summed E-state index contributed by atoms with van der Waals surface area (Å²) >= 11 is 0. The summed E-state index contributed by atoms with van der Waals surface area (Å²) < 4.78 is 4.99. The van der Waals surface area contributed by atoms with Gasteiger partial charge in [-0.1, -0.05) is 0 Å². The van der Waals surface area contributed by atoms with Gasteiger partial charge in [0.05, 0.1) is 10.5 Å². The van der Waals surface area contributed by atoms with E-state index >= 15 is 0 Å². The fourth-order valence-electron chi connectivity index (χ4n) is 1.66. The Hall–Kier alpha value is -2.64. The number of nitrogens with zero attached hydrogens (tertiary/aromatic N) is 1. The Morgan fingerprint density at radius 2 is 2.14 bits per heavy atom. The number of esters is 1. The third-order valence-corrected chi connectivity index (χ3v) is 3.04. The lowest BCUT2D eigenvalue weighted by Gasteiger charge is -2.13. The number of nitro benzene ring substituents is 1. The second kappa shape index (κ2) is 5.78. The Bertz CT molecular complexity index is 597. The van der Waals surface area contributed by atoms with Crippen molar-refractivity contribution in [2.75, 3.05) is 5.73 Å². The maximum Gasteiger partial charge on any atom is 0.341 e. The lowest BCUT2D eigenvalue weighted by atomic mass is 10.1. The monoisotopic (exact) mass is 293 g/mol. The Balaban J connectivity index is 2.06. The number of rotatable bonds is 5. The van der Waals surface area contributed by atoms with Gasteiger partial charge in [0.1, 0.15) is 0 Å². The average Bonchev–Trinajstić information content (AvgIpc) is 3.22. The van der Waals surface area contributed by atoms with Crippen LogP contribution in [0.4, 0.5) is 11.4 Å². The molecule has 0 radical (unpaired) electrons. The second-order valence-electron chi connectivity index (χ2n) is 4.86. The second-order valence-corrected chi connectivity index (χ2v) is 4.86. The smallest absolute Gasteiger partial charge is 0.341 e. The number of non-ortho nitro benzene ring substituents is 1. The molecule has 112 valence electrons. The van der Waals surface area contributed by atoms with E-state index in [1.807, 2.05) is 0 Å². The van der Waals surface area contributed by atoms with Crippen molar-refractivity contribution in [3.63, 3.8) is 0 Å². The third kappa shape index (κ3) is 3.68. The highest BCUT2D eigenvalue weighted by molar-refractivity contribution is 5.97. The van der Waals surface area contributed by atoms with Crippen molar-refractivity contribution >= 4 is 23.3 Å². The van der Waals surface area contributed by atoms with E-state index in [-0.39, 0.29) is 23.0 Å². The molecule has 1 amide bonds. The van der Waals surface area contributed by atoms with Gasteiger partial charge in [-0.05, 0) is 25.8 Å². The third-order valence-electron chi connectivity index (χ3n) is 3.04. The van der Waals surface area contributed by atoms with Crippen LogP contribution in [0.2, 0.25) is 0 Å². The molecule has 0 aromatic heterocycles. The predicted octanol–water partition coefficient (Wildman–Crippen LogP) is 1.00. The van der Waals surface area contributed by atoms with Gasteiger partial charge in [0.15, 0.2) is 6.10 Å². The molecule has 1 saturated carbocycles. The molecular weight excluding hydrogens is 278 g/mol. The van der Waals surface area contributed by atoms with Gasteiger partial charge in [-0.15, -0.1) is 0 Å². The van der Waals surface area contributed by atoms with Crippen molar-refractivity contribution in [1.29, 1.82) is 0 Å². The first-order valence-electron chi connectivity index (χ1n) is 6.43. The van der Waals surface area contributed by atoms with E-state index in [1.165, 1.54) is 19.1 Å². The van der Waals surface area contributed by atoms with Crippen molar-refractivity contribution in [2.45, 2.75) is 31.9 Å². The summed E-state index contributed by atoms with van der Waals surface area (Å²) in [6, 6.07) is 3.63. The van der Waals surface area contributed by atoms with Crippen LogP contribution in [-0.4, -0.2) is 28.9 Å². The van der Waals surface area contributed by atoms with Crippen LogP contribution in [-0.2, 0) is 9.53 Å². The summed E-state index contributed by atoms with van der Waals surface area (Å²) in [6.45, 7) is 1.43. The highest BCUT2D eigenvalue weighted by atomic mass is 16.6. The van der Waals surface area contributed by atoms with Crippen LogP contribution in [0.5, 0.6) is 0 Å². The van der Waals surface area contributed by atoms with Crippen LogP contribution < -0.4 is 11.1 Å². The van der Waals surface area contributed by atoms with Gasteiger partial charge in [-0.2, -0.15) is 0 Å². The number of nitrogen functional groups attached to an aromatic ring is 1. The molecule has 0 heterocycles. The molecule has 0 saturated heterocycles. The SMILES string of the molecule is C[C@H](OC(=O)c1cc([N+](=O)[O-])ccc1N)C(=O)NC1CC1. The first-order chi connectivity index (χ1) is 9.88. The van der Waals surface area contributed by atoms with Crippen molar-refractivity contribution in [1.82, 2.24) is 5.32 Å². The fraction of sp³-hybridized carbons (Fsp3) is 0.385. The van der Waals surface area contributed by atoms with Crippen molar-refractivity contribution in [3.8, 4) is 0 Å². The Morgan fingerprint density at radius 3 is 2.71 bits per heavy atom. The normalized spacial score (nSPS) is 15.1. The molecule has 8 heteroatoms. The van der Waals surface area contributed by atoms with Crippen LogP contribution >= 0.6 is 0 Å². The van der Waals surface area contributed by atoms with E-state index in [0.717, 1.165) is 18.9 Å². The van der Waals surface area contributed by atoms with E-state index in [1.54, 1.807) is 0 Å². The predicted molar refractivity (Wildman–Crippen MR) is 73.6 cm³/mol. The van der Waals surface area contributed by atoms with E-state index in [2.05, 4.69) is 5.32 Å². The lowest BCUT2D eigenvalue weighted by Crippen LogP contribution is -2.37. The number of carbonyl (C=O) groups is 2. The Morgan fingerprint density at radius 1 is 1.48 bits per heavy atom. The summed E-state index contributed by atoms with van der Waals surface area (Å²) in [5.41, 5.74) is 5.26. The number of carbonyl (C=O) groups excluding carboxylic acids is 2. The lowest BCUT2D eigenvalue weighted by molar-refractivity contribution is -0.384. The summed E-state index contributed by atoms with van der Waals surface area (Å²) in [5, 5.41) is 13.4. The van der Waals surface area contributed by atoms with Crippen LogP contribution in [0.3, 0.4) is 0 Å². The quantitative estimate of drug-likeness (QED) is 0.361. The minimum Gasteiger partial charge on any atom is -0.449 e. The van der Waals surface area contributed by atoms with Gasteiger partial charge in [0, 0.05) is 23.9 Å². The molecule has 1 atom stereocenters. The number of nitrogens with two attached hydrogens (primary N) is 1. The van der Waals surface area contributed by atoms with Gasteiger partial charge in [0.25, 0.3) is 11.6 Å². The molecule has 8 nitrogen and oxygen atoms in total. The summed E-state index contributed by atoms with van der Waals surface area (Å²) in [6.07, 6.45) is 0.853. The van der Waals surface area contributed by atoms with Gasteiger partial charge >= 0.3 is 5.97 Å². The molecule has 1 aromatic carbocycles. The van der Waals surface area contributed by atoms with Crippen molar-refractivity contribution in [3.05, 3.63) is 33.9 Å². The first-order valence-corrected chi connectivity index (χ1v) is 6.43. The van der Waals surface area contributed by atoms with Crippen molar-refractivity contribution < 1.29 is 19.2 Å². The zero-order valence-corrected chi connectivity index (χ0v) is 11.4. The maximum absolute atomic E-state index is 12.0. The van der Waals surface area contributed by atoms with Crippen LogP contribution in [0.25, 0.3) is 0 Å². The minimum atomic E-state index is -0.989. The molecule has 3 N–H and O–H groups in total. The average molecular weight is 293 g/mol. The van der Waals surface area contributed by atoms with Crippen LogP contribution in [0.15, 0.2) is 18.2 Å². The standard InChI is InChI=1S/C13H15N3O5/c1-7(12(17)15-8-2-3-8)21-13(18)10-6-9(16(19)20)4-5-11(10)14/h4-8H,2-3,14H2,1H3,(H,15,17)/t7-/m0/s1. The van der Waals surface area contributed by atoms with Gasteiger partial charge in [-0.3, -0.25) is 14.9 Å². The molecular formula is C13H15N3O5. The van der Waals surface area contributed by atoms with E-state index in [9.17, 15) is 19.7 Å². The topological polar surface area (TPSA) is 125 Å². The first kappa shape index (κ1) is 14.8. The number of hydrogen-bond acceptors (Lipinski definition) is 6. The molecule has 1 fully saturated rings. The molecule has 0 unspecified atom stereocenters. The maximum atomic E-state index is 12.0. The van der Waals surface area contributed by atoms with Gasteiger partial charge in [0.2, 0.25) is 0 Å². The van der Waals surface area contributed by atoms with Gasteiger partial charge < -0.3 is 15.8 Å². The zero-order valence-electron chi connectivity index (χ0n) is 11.4. The largest absolute Gasteiger partial charge is 0.449 e. The zero-order chi connectivity index (χ0) is 15.6. The molecule has 0 spiro atoms. The summed E-state index contributed by atoms with van der Waals surface area (Å²) in [7, 11) is 0. The number of nitro groups is 1. The molecule has 2 rings (SSSR count). The number of anilines is 1. The molecule has 0 aliphatic heterocycles. The Labute approximate surface area is 120 Å². The van der Waals surface area contributed by atoms with E-state index in [4.69, 9.17) is 10.5 Å². The van der Waals surface area contributed by atoms with E-state index in [0.29, 0.717) is 0 Å². The van der Waals surface area contributed by atoms with Gasteiger partial charge in [-0.25, -0.2) is 4.79 Å². The molecule has 0 bridgehead atoms. The van der Waals surface area contributed by atoms with Crippen molar-refractivity contribution in [2.24, 2.45) is 0 Å². The highest BCUT2D eigenvalue weighted by Crippen LogP contribution is 2.21. The summed E-state index contributed by atoms with van der Waals surface area (Å²) in [4.78, 5) is 33.7. The molecule has 21 heavy (non-hydrogen) atoms. The van der Waals surface area contributed by atoms with Crippen LogP contribution in [0, 0.1) is 10.1 Å². The number of amides is 1. The minimum absolute atomic E-state index is 0.0559. The molecule has 1 aliphatic carbocycles. The molecule has 1 aliphatic rings. The highest BCUT2D eigenvalue weighted by Gasteiger charge is 2.28. The number of ether oxygens (including phenoxy) is 1. The number of nitrogens with one attached hydrogen (secondary N) is 1. The van der Waals surface area contributed by atoms with Crippen LogP contribution in [0.1, 0.15) is 30.1 Å². The number of benzene rings is 1. The summed E-state index contributed by atoms with van der Waals surface area (Å²) in [5.74, 6) is -1.26. The fourth-order valence-corrected chi connectivity index (χ4v) is 1.66. The Kier molecular flexibility index (Phi) is 4.06. The number of hydrogen-bond donors (Lipinski definition) is 2. The molecule has 1 aromatic rings. The van der Waals surface area contributed by atoms with E-state index < -0.39 is 22.9 Å².